The fourth-order valence-electron chi connectivity index (χ4n) is 1.87. The Morgan fingerprint density at radius 3 is 2.62 bits per heavy atom. The highest BCUT2D eigenvalue weighted by molar-refractivity contribution is 6.43. The number of halogens is 4. The Hall–Kier alpha value is 0.270. The zero-order valence-corrected chi connectivity index (χ0v) is 11.6. The van der Waals surface area contributed by atoms with Crippen LogP contribution in [0.2, 0.25) is 15.2 Å². The Labute approximate surface area is 116 Å². The van der Waals surface area contributed by atoms with Crippen molar-refractivity contribution in [1.82, 2.24) is 10.3 Å². The van der Waals surface area contributed by atoms with Gasteiger partial charge in [0.1, 0.15) is 5.15 Å². The summed E-state index contributed by atoms with van der Waals surface area (Å²) in [5.74, 6) is 0. The minimum Gasteiger partial charge on any atom is -0.310 e. The zero-order valence-electron chi connectivity index (χ0n) is 8.47. The van der Waals surface area contributed by atoms with Crippen molar-refractivity contribution in [2.45, 2.75) is 25.3 Å². The van der Waals surface area contributed by atoms with Gasteiger partial charge in [0, 0.05) is 17.8 Å². The van der Waals surface area contributed by atoms with Crippen LogP contribution in [-0.2, 0) is 0 Å². The second kappa shape index (κ2) is 6.27. The van der Waals surface area contributed by atoms with E-state index < -0.39 is 0 Å². The smallest absolute Gasteiger partial charge is 0.148 e. The molecule has 0 aliphatic carbocycles. The molecule has 1 fully saturated rings. The van der Waals surface area contributed by atoms with Crippen molar-refractivity contribution in [3.05, 3.63) is 27.0 Å². The molecule has 0 saturated carbocycles. The molecule has 6 heteroatoms. The number of piperidine rings is 1. The highest BCUT2D eigenvalue weighted by Gasteiger charge is 2.22. The fraction of sp³-hybridized carbons (Fsp3) is 0.500. The molecule has 0 bridgehead atoms. The van der Waals surface area contributed by atoms with Crippen molar-refractivity contribution < 1.29 is 0 Å². The van der Waals surface area contributed by atoms with Crippen LogP contribution >= 0.6 is 47.2 Å². The Morgan fingerprint density at radius 2 is 2.00 bits per heavy atom. The van der Waals surface area contributed by atoms with Crippen LogP contribution in [-0.4, -0.2) is 11.5 Å². The molecule has 16 heavy (non-hydrogen) atoms. The normalized spacial score (nSPS) is 20.3. The molecule has 2 nitrogen and oxygen atoms in total. The highest BCUT2D eigenvalue weighted by atomic mass is 35.5. The summed E-state index contributed by atoms with van der Waals surface area (Å²) in [4.78, 5) is 3.91. The number of aromatic nitrogens is 1. The Morgan fingerprint density at radius 1 is 1.25 bits per heavy atom. The molecule has 90 valence electrons. The summed E-state index contributed by atoms with van der Waals surface area (Å²) in [6.45, 7) is 0.997. The van der Waals surface area contributed by atoms with E-state index in [1.807, 2.05) is 0 Å². The van der Waals surface area contributed by atoms with E-state index in [1.165, 1.54) is 12.8 Å². The molecule has 1 aliphatic rings. The first kappa shape index (κ1) is 14.3. The Balaban J connectivity index is 0.00000128. The molecule has 0 unspecified atom stereocenters. The van der Waals surface area contributed by atoms with Crippen molar-refractivity contribution in [2.24, 2.45) is 0 Å². The molecule has 1 aromatic heterocycles. The summed E-state index contributed by atoms with van der Waals surface area (Å²) in [5, 5.41) is 4.77. The topological polar surface area (TPSA) is 24.9 Å². The lowest BCUT2D eigenvalue weighted by Gasteiger charge is -2.25. The number of hydrogen-bond donors (Lipinski definition) is 1. The number of rotatable bonds is 1. The molecular formula is C10H12Cl4N2. The summed E-state index contributed by atoms with van der Waals surface area (Å²) >= 11 is 18.1. The van der Waals surface area contributed by atoms with Gasteiger partial charge < -0.3 is 5.32 Å². The maximum atomic E-state index is 6.11. The summed E-state index contributed by atoms with van der Waals surface area (Å²) in [6.07, 6.45) is 4.98. The predicted octanol–water partition coefficient (Wildman–Crippen LogP) is 4.28. The first-order chi connectivity index (χ1) is 7.20. The maximum absolute atomic E-state index is 6.11. The van der Waals surface area contributed by atoms with Crippen molar-refractivity contribution in [2.75, 3.05) is 6.54 Å². The highest BCUT2D eigenvalue weighted by Crippen LogP contribution is 2.36. The Kier molecular flexibility index (Phi) is 5.62. The van der Waals surface area contributed by atoms with E-state index in [0.717, 1.165) is 18.5 Å². The second-order valence-electron chi connectivity index (χ2n) is 3.63. The molecule has 2 heterocycles. The summed E-state index contributed by atoms with van der Waals surface area (Å²) in [6, 6.07) is 0.208. The Bertz CT molecular complexity index is 364. The van der Waals surface area contributed by atoms with Crippen molar-refractivity contribution >= 4 is 47.2 Å². The SMILES string of the molecule is Cl.Clc1cnc(Cl)c(Cl)c1[C@H]1CCCCN1. The molecule has 1 saturated heterocycles. The average Bonchev–Trinajstić information content (AvgIpc) is 2.26. The van der Waals surface area contributed by atoms with Crippen LogP contribution in [0.1, 0.15) is 30.9 Å². The van der Waals surface area contributed by atoms with Crippen LogP contribution in [0, 0.1) is 0 Å². The van der Waals surface area contributed by atoms with Crippen molar-refractivity contribution in [1.29, 1.82) is 0 Å². The van der Waals surface area contributed by atoms with E-state index in [1.54, 1.807) is 6.20 Å². The summed E-state index contributed by atoms with van der Waals surface area (Å²) in [7, 11) is 0. The molecule has 1 aromatic rings. The van der Waals surface area contributed by atoms with Gasteiger partial charge in [0.2, 0.25) is 0 Å². The largest absolute Gasteiger partial charge is 0.310 e. The van der Waals surface area contributed by atoms with Crippen LogP contribution in [0.4, 0.5) is 0 Å². The van der Waals surface area contributed by atoms with Gasteiger partial charge in [-0.15, -0.1) is 12.4 Å². The number of hydrogen-bond acceptors (Lipinski definition) is 2. The first-order valence-electron chi connectivity index (χ1n) is 4.93. The summed E-state index contributed by atoms with van der Waals surface area (Å²) in [5.41, 5.74) is 0.887. The van der Waals surface area contributed by atoms with E-state index >= 15 is 0 Å². The van der Waals surface area contributed by atoms with Gasteiger partial charge in [0.05, 0.1) is 10.0 Å². The minimum absolute atomic E-state index is 0. The van der Waals surface area contributed by atoms with E-state index in [-0.39, 0.29) is 18.4 Å². The van der Waals surface area contributed by atoms with E-state index in [2.05, 4.69) is 10.3 Å². The molecule has 1 atom stereocenters. The molecule has 0 amide bonds. The monoisotopic (exact) mass is 300 g/mol. The number of nitrogens with one attached hydrogen (secondary N) is 1. The number of nitrogens with zero attached hydrogens (tertiary/aromatic N) is 1. The van der Waals surface area contributed by atoms with Crippen molar-refractivity contribution in [3.63, 3.8) is 0 Å². The molecule has 1 aliphatic heterocycles. The fourth-order valence-corrected chi connectivity index (χ4v) is 2.63. The van der Waals surface area contributed by atoms with Gasteiger partial charge in [-0.2, -0.15) is 0 Å². The standard InChI is InChI=1S/C10H11Cl3N2.ClH/c11-6-5-15-10(13)9(12)8(6)7-3-1-2-4-14-7;/h5,7,14H,1-4H2;1H/t7-;/m1./s1. The quantitative estimate of drug-likeness (QED) is 0.783. The second-order valence-corrected chi connectivity index (χ2v) is 4.77. The average molecular weight is 302 g/mol. The molecular weight excluding hydrogens is 290 g/mol. The molecule has 2 rings (SSSR count). The van der Waals surface area contributed by atoms with Gasteiger partial charge in [0.25, 0.3) is 0 Å². The van der Waals surface area contributed by atoms with Crippen LogP contribution in [0.25, 0.3) is 0 Å². The van der Waals surface area contributed by atoms with Gasteiger partial charge in [-0.3, -0.25) is 0 Å². The van der Waals surface area contributed by atoms with Crippen LogP contribution in [0.3, 0.4) is 0 Å². The lowest BCUT2D eigenvalue weighted by atomic mass is 9.98. The molecule has 1 N–H and O–H groups in total. The van der Waals surface area contributed by atoms with Crippen LogP contribution in [0.15, 0.2) is 6.20 Å². The van der Waals surface area contributed by atoms with Gasteiger partial charge in [-0.1, -0.05) is 41.2 Å². The third kappa shape index (κ3) is 2.93. The zero-order chi connectivity index (χ0) is 10.8. The van der Waals surface area contributed by atoms with Gasteiger partial charge in [-0.05, 0) is 19.4 Å². The van der Waals surface area contributed by atoms with E-state index in [9.17, 15) is 0 Å². The lowest BCUT2D eigenvalue weighted by molar-refractivity contribution is 0.412. The van der Waals surface area contributed by atoms with Gasteiger partial charge in [0.15, 0.2) is 0 Å². The van der Waals surface area contributed by atoms with Gasteiger partial charge in [-0.25, -0.2) is 4.98 Å². The van der Waals surface area contributed by atoms with Crippen LogP contribution < -0.4 is 5.32 Å². The van der Waals surface area contributed by atoms with Crippen LogP contribution in [0.5, 0.6) is 0 Å². The van der Waals surface area contributed by atoms with Crippen molar-refractivity contribution in [3.8, 4) is 0 Å². The third-order valence-corrected chi connectivity index (χ3v) is 3.69. The number of pyridine rings is 1. The molecule has 0 aromatic carbocycles. The minimum atomic E-state index is 0. The third-order valence-electron chi connectivity index (χ3n) is 2.62. The molecule has 0 spiro atoms. The predicted molar refractivity (Wildman–Crippen MR) is 71.1 cm³/mol. The van der Waals surface area contributed by atoms with Gasteiger partial charge >= 0.3 is 0 Å². The van der Waals surface area contributed by atoms with E-state index in [4.69, 9.17) is 34.8 Å². The lowest BCUT2D eigenvalue weighted by Crippen LogP contribution is -2.27. The first-order valence-corrected chi connectivity index (χ1v) is 6.06. The molecule has 0 radical (unpaired) electrons. The van der Waals surface area contributed by atoms with E-state index in [0.29, 0.717) is 15.2 Å². The summed E-state index contributed by atoms with van der Waals surface area (Å²) < 4.78 is 0. The maximum Gasteiger partial charge on any atom is 0.148 e.